The number of aromatic nitrogens is 2. The van der Waals surface area contributed by atoms with E-state index in [0.29, 0.717) is 18.3 Å². The van der Waals surface area contributed by atoms with E-state index in [-0.39, 0.29) is 5.69 Å². The first kappa shape index (κ1) is 13.5. The van der Waals surface area contributed by atoms with Gasteiger partial charge in [0.1, 0.15) is 6.20 Å². The smallest absolute Gasteiger partial charge is 0.329 e. The lowest BCUT2D eigenvalue weighted by atomic mass is 10.0. The molecule has 0 aromatic carbocycles. The number of nitrogens with one attached hydrogen (secondary N) is 2. The van der Waals surface area contributed by atoms with Crippen LogP contribution in [0.1, 0.15) is 32.1 Å². The van der Waals surface area contributed by atoms with Crippen molar-refractivity contribution in [1.29, 1.82) is 0 Å². The highest BCUT2D eigenvalue weighted by atomic mass is 16.6. The Kier molecular flexibility index (Phi) is 4.48. The monoisotopic (exact) mass is 265 g/mol. The molecule has 19 heavy (non-hydrogen) atoms. The Balaban J connectivity index is 1.98. The summed E-state index contributed by atoms with van der Waals surface area (Å²) in [6.45, 7) is 0.714. The van der Waals surface area contributed by atoms with Gasteiger partial charge < -0.3 is 10.6 Å². The molecule has 1 aromatic heterocycles. The van der Waals surface area contributed by atoms with Gasteiger partial charge in [-0.3, -0.25) is 10.1 Å². The minimum Gasteiger partial charge on any atom is -0.364 e. The molecule has 0 bridgehead atoms. The Bertz CT molecular complexity index is 446. The third-order valence-corrected chi connectivity index (χ3v) is 3.51. The van der Waals surface area contributed by atoms with Crippen molar-refractivity contribution >= 4 is 17.5 Å². The molecule has 2 rings (SSSR count). The van der Waals surface area contributed by atoms with Gasteiger partial charge >= 0.3 is 5.69 Å². The van der Waals surface area contributed by atoms with Crippen molar-refractivity contribution in [2.75, 3.05) is 24.2 Å². The maximum atomic E-state index is 10.9. The molecule has 0 amide bonds. The van der Waals surface area contributed by atoms with E-state index in [1.54, 1.807) is 7.05 Å². The van der Waals surface area contributed by atoms with Gasteiger partial charge in [-0.1, -0.05) is 25.7 Å². The lowest BCUT2D eigenvalue weighted by Gasteiger charge is -2.10. The molecule has 1 saturated carbocycles. The fourth-order valence-corrected chi connectivity index (χ4v) is 2.45. The second kappa shape index (κ2) is 6.31. The fourth-order valence-electron chi connectivity index (χ4n) is 2.45. The van der Waals surface area contributed by atoms with Crippen LogP contribution in [-0.4, -0.2) is 28.5 Å². The lowest BCUT2D eigenvalue weighted by molar-refractivity contribution is -0.384. The normalized spacial score (nSPS) is 15.4. The molecular weight excluding hydrogens is 246 g/mol. The zero-order valence-corrected chi connectivity index (χ0v) is 11.1. The quantitative estimate of drug-likeness (QED) is 0.606. The Morgan fingerprint density at radius 1 is 1.47 bits per heavy atom. The topological polar surface area (TPSA) is 93.0 Å². The molecule has 104 valence electrons. The van der Waals surface area contributed by atoms with E-state index < -0.39 is 4.92 Å². The highest BCUT2D eigenvalue weighted by molar-refractivity contribution is 5.56. The highest BCUT2D eigenvalue weighted by Crippen LogP contribution is 2.28. The van der Waals surface area contributed by atoms with E-state index in [4.69, 9.17) is 0 Å². The summed E-state index contributed by atoms with van der Waals surface area (Å²) in [6, 6.07) is 0. The molecule has 2 N–H and O–H groups in total. The van der Waals surface area contributed by atoms with Crippen LogP contribution in [0.15, 0.2) is 6.20 Å². The van der Waals surface area contributed by atoms with Gasteiger partial charge in [0.05, 0.1) is 4.92 Å². The van der Waals surface area contributed by atoms with Crippen LogP contribution >= 0.6 is 0 Å². The van der Waals surface area contributed by atoms with Crippen molar-refractivity contribution in [3.05, 3.63) is 16.3 Å². The first-order chi connectivity index (χ1) is 9.20. The van der Waals surface area contributed by atoms with Gasteiger partial charge in [-0.25, -0.2) is 4.98 Å². The minimum atomic E-state index is -0.461. The van der Waals surface area contributed by atoms with E-state index in [9.17, 15) is 10.1 Å². The molecule has 0 spiro atoms. The van der Waals surface area contributed by atoms with E-state index in [2.05, 4.69) is 20.6 Å². The third-order valence-electron chi connectivity index (χ3n) is 3.51. The standard InChI is InChI=1S/C12H19N5O2/c1-13-12-15-8-10(17(18)19)11(16-12)14-7-6-9-4-2-3-5-9/h8-9H,2-7H2,1H3,(H2,13,14,15,16). The summed E-state index contributed by atoms with van der Waals surface area (Å²) >= 11 is 0. The zero-order valence-electron chi connectivity index (χ0n) is 11.1. The van der Waals surface area contributed by atoms with Crippen LogP contribution in [0.2, 0.25) is 0 Å². The van der Waals surface area contributed by atoms with Crippen LogP contribution in [0, 0.1) is 16.0 Å². The number of hydrogen-bond donors (Lipinski definition) is 2. The zero-order chi connectivity index (χ0) is 13.7. The number of hydrogen-bond acceptors (Lipinski definition) is 6. The Morgan fingerprint density at radius 2 is 2.21 bits per heavy atom. The van der Waals surface area contributed by atoms with Crippen LogP contribution in [0.3, 0.4) is 0 Å². The van der Waals surface area contributed by atoms with Crippen LogP contribution in [0.25, 0.3) is 0 Å². The number of nitro groups is 1. The molecule has 0 saturated heterocycles. The van der Waals surface area contributed by atoms with Crippen molar-refractivity contribution in [2.24, 2.45) is 5.92 Å². The molecule has 1 aliphatic carbocycles. The SMILES string of the molecule is CNc1ncc([N+](=O)[O-])c(NCCC2CCCC2)n1. The van der Waals surface area contributed by atoms with Crippen molar-refractivity contribution in [2.45, 2.75) is 32.1 Å². The molecule has 0 unspecified atom stereocenters. The summed E-state index contributed by atoms with van der Waals surface area (Å²) < 4.78 is 0. The Hall–Kier alpha value is -1.92. The fraction of sp³-hybridized carbons (Fsp3) is 0.667. The highest BCUT2D eigenvalue weighted by Gasteiger charge is 2.18. The van der Waals surface area contributed by atoms with Crippen molar-refractivity contribution < 1.29 is 4.92 Å². The van der Waals surface area contributed by atoms with Gasteiger partial charge in [-0.2, -0.15) is 4.98 Å². The maximum Gasteiger partial charge on any atom is 0.329 e. The van der Waals surface area contributed by atoms with Gasteiger partial charge in [0.2, 0.25) is 11.8 Å². The van der Waals surface area contributed by atoms with Crippen LogP contribution in [0.5, 0.6) is 0 Å². The average molecular weight is 265 g/mol. The first-order valence-electron chi connectivity index (χ1n) is 6.63. The third kappa shape index (κ3) is 3.52. The Morgan fingerprint density at radius 3 is 2.84 bits per heavy atom. The number of anilines is 2. The molecule has 0 radical (unpaired) electrons. The van der Waals surface area contributed by atoms with Gasteiger partial charge in [-0.15, -0.1) is 0 Å². The van der Waals surface area contributed by atoms with Crippen LogP contribution in [-0.2, 0) is 0 Å². The summed E-state index contributed by atoms with van der Waals surface area (Å²) in [5.74, 6) is 1.42. The number of nitrogens with zero attached hydrogens (tertiary/aromatic N) is 3. The lowest BCUT2D eigenvalue weighted by Crippen LogP contribution is -2.11. The van der Waals surface area contributed by atoms with Crippen molar-refractivity contribution in [3.8, 4) is 0 Å². The van der Waals surface area contributed by atoms with E-state index in [0.717, 1.165) is 12.3 Å². The average Bonchev–Trinajstić information content (AvgIpc) is 2.91. The molecule has 7 heteroatoms. The van der Waals surface area contributed by atoms with Crippen molar-refractivity contribution in [3.63, 3.8) is 0 Å². The second-order valence-electron chi connectivity index (χ2n) is 4.80. The molecule has 1 aromatic rings. The summed E-state index contributed by atoms with van der Waals surface area (Å²) in [7, 11) is 1.68. The largest absolute Gasteiger partial charge is 0.364 e. The predicted octanol–water partition coefficient (Wildman–Crippen LogP) is 2.42. The molecule has 0 aliphatic heterocycles. The van der Waals surface area contributed by atoms with Crippen LogP contribution < -0.4 is 10.6 Å². The van der Waals surface area contributed by atoms with Gasteiger partial charge in [0.25, 0.3) is 0 Å². The first-order valence-corrected chi connectivity index (χ1v) is 6.63. The van der Waals surface area contributed by atoms with E-state index >= 15 is 0 Å². The second-order valence-corrected chi connectivity index (χ2v) is 4.80. The number of rotatable bonds is 6. The molecular formula is C12H19N5O2. The summed E-state index contributed by atoms with van der Waals surface area (Å²) in [4.78, 5) is 18.4. The van der Waals surface area contributed by atoms with E-state index in [1.807, 2.05) is 0 Å². The van der Waals surface area contributed by atoms with Crippen molar-refractivity contribution in [1.82, 2.24) is 9.97 Å². The summed E-state index contributed by atoms with van der Waals surface area (Å²) in [6.07, 6.45) is 7.43. The Labute approximate surface area is 112 Å². The molecule has 0 atom stereocenters. The molecule has 7 nitrogen and oxygen atoms in total. The van der Waals surface area contributed by atoms with Crippen LogP contribution in [0.4, 0.5) is 17.5 Å². The molecule has 1 fully saturated rings. The summed E-state index contributed by atoms with van der Waals surface area (Å²) in [5, 5.41) is 16.7. The molecule has 1 aliphatic rings. The van der Waals surface area contributed by atoms with E-state index in [1.165, 1.54) is 31.9 Å². The summed E-state index contributed by atoms with van der Waals surface area (Å²) in [5.41, 5.74) is -0.0783. The predicted molar refractivity (Wildman–Crippen MR) is 73.3 cm³/mol. The van der Waals surface area contributed by atoms with Gasteiger partial charge in [-0.05, 0) is 12.3 Å². The van der Waals surface area contributed by atoms with Gasteiger partial charge in [0.15, 0.2) is 0 Å². The molecule has 1 heterocycles. The maximum absolute atomic E-state index is 10.9. The van der Waals surface area contributed by atoms with Gasteiger partial charge in [0, 0.05) is 13.6 Å². The minimum absolute atomic E-state index is 0.0783.